The number of isocyanates is 1. The number of carbonyl (C=O) groups is 3. The van der Waals surface area contributed by atoms with Gasteiger partial charge < -0.3 is 18.9 Å². The van der Waals surface area contributed by atoms with Gasteiger partial charge in [-0.15, -0.1) is 5.26 Å². The summed E-state index contributed by atoms with van der Waals surface area (Å²) in [6.45, 7) is 2.72. The molecule has 0 aliphatic heterocycles. The quantitative estimate of drug-likeness (QED) is 0.0214. The van der Waals surface area contributed by atoms with Gasteiger partial charge in [0, 0.05) is 19.3 Å². The first-order chi connectivity index (χ1) is 24.4. The van der Waals surface area contributed by atoms with Crippen molar-refractivity contribution in [3.63, 3.8) is 0 Å². The van der Waals surface area contributed by atoms with E-state index in [1.54, 1.807) is 30.5 Å². The summed E-state index contributed by atoms with van der Waals surface area (Å²) in [6.07, 6.45) is 19.2. The highest BCUT2D eigenvalue weighted by Gasteiger charge is 2.16. The summed E-state index contributed by atoms with van der Waals surface area (Å²) < 4.78 is 21.2. The first kappa shape index (κ1) is 41.7. The number of unbranched alkanes of at least 4 members (excludes halogenated alkanes) is 10. The van der Waals surface area contributed by atoms with E-state index in [0.29, 0.717) is 37.3 Å². The third-order valence-electron chi connectivity index (χ3n) is 8.37. The van der Waals surface area contributed by atoms with Crippen LogP contribution in [-0.2, 0) is 46.2 Å². The van der Waals surface area contributed by atoms with Crippen LogP contribution in [0.25, 0.3) is 0 Å². The van der Waals surface area contributed by atoms with Crippen LogP contribution >= 0.6 is 0 Å². The molecule has 2 aromatic carbocycles. The minimum atomic E-state index is -0.422. The van der Waals surface area contributed by atoms with E-state index in [9.17, 15) is 19.2 Å². The van der Waals surface area contributed by atoms with E-state index in [0.717, 1.165) is 94.6 Å². The van der Waals surface area contributed by atoms with Crippen molar-refractivity contribution in [3.05, 3.63) is 59.7 Å². The molecule has 0 aliphatic carbocycles. The Labute approximate surface area is 297 Å². The second kappa shape index (κ2) is 27.4. The highest BCUT2D eigenvalue weighted by Crippen LogP contribution is 2.18. The highest BCUT2D eigenvalue weighted by atomic mass is 16.5. The molecule has 50 heavy (non-hydrogen) atoms. The average Bonchev–Trinajstić information content (AvgIpc) is 3.11. The number of rotatable bonds is 28. The molecule has 1 atom stereocenters. The molecule has 0 spiro atoms. The molecule has 2 aromatic rings. The van der Waals surface area contributed by atoms with Gasteiger partial charge in [0.2, 0.25) is 6.08 Å². The Morgan fingerprint density at radius 3 is 1.72 bits per heavy atom. The summed E-state index contributed by atoms with van der Waals surface area (Å²) in [5, 5.41) is 8.56. The number of hydrogen-bond acceptors (Lipinski definition) is 10. The van der Waals surface area contributed by atoms with Gasteiger partial charge >= 0.3 is 17.9 Å². The van der Waals surface area contributed by atoms with E-state index in [-0.39, 0.29) is 37.5 Å². The number of esters is 3. The van der Waals surface area contributed by atoms with Crippen molar-refractivity contribution in [1.29, 1.82) is 5.26 Å². The molecule has 0 aliphatic rings. The Balaban J connectivity index is 1.51. The molecule has 0 unspecified atom stereocenters. The van der Waals surface area contributed by atoms with Crippen molar-refractivity contribution in [1.82, 2.24) is 0 Å². The van der Waals surface area contributed by atoms with Crippen molar-refractivity contribution in [2.45, 2.75) is 135 Å². The van der Waals surface area contributed by atoms with Crippen LogP contribution in [0.15, 0.2) is 53.5 Å². The first-order valence-electron chi connectivity index (χ1n) is 18.3. The summed E-state index contributed by atoms with van der Waals surface area (Å²) in [5.41, 5.74) is 2.52. The fourth-order valence-corrected chi connectivity index (χ4v) is 5.49. The normalized spacial score (nSPS) is 11.1. The highest BCUT2D eigenvalue weighted by molar-refractivity contribution is 5.77. The maximum atomic E-state index is 12.6. The lowest BCUT2D eigenvalue weighted by Gasteiger charge is -2.18. The van der Waals surface area contributed by atoms with Gasteiger partial charge in [-0.3, -0.25) is 14.4 Å². The number of aliphatic imine (C=N–C) groups is 1. The van der Waals surface area contributed by atoms with Gasteiger partial charge in [-0.05, 0) is 67.5 Å². The molecule has 10 heteroatoms. The van der Waals surface area contributed by atoms with Crippen molar-refractivity contribution in [3.8, 4) is 12.0 Å². The van der Waals surface area contributed by atoms with Crippen LogP contribution in [0.1, 0.15) is 127 Å². The van der Waals surface area contributed by atoms with Crippen LogP contribution in [0.3, 0.4) is 0 Å². The molecular formula is C40H54N2O8. The van der Waals surface area contributed by atoms with Crippen LogP contribution in [0.5, 0.6) is 5.75 Å². The van der Waals surface area contributed by atoms with E-state index in [2.05, 4.69) is 11.9 Å². The maximum Gasteiger partial charge on any atom is 0.306 e. The summed E-state index contributed by atoms with van der Waals surface area (Å²) >= 11 is 0. The summed E-state index contributed by atoms with van der Waals surface area (Å²) in [4.78, 5) is 50.6. The van der Waals surface area contributed by atoms with Gasteiger partial charge in [-0.1, -0.05) is 89.0 Å². The van der Waals surface area contributed by atoms with E-state index in [4.69, 9.17) is 24.2 Å². The molecule has 0 saturated carbocycles. The van der Waals surface area contributed by atoms with Crippen molar-refractivity contribution < 1.29 is 38.1 Å². The zero-order valence-corrected chi connectivity index (χ0v) is 29.7. The van der Waals surface area contributed by atoms with Gasteiger partial charge in [-0.2, -0.15) is 4.99 Å². The van der Waals surface area contributed by atoms with Gasteiger partial charge in [0.1, 0.15) is 11.9 Å². The lowest BCUT2D eigenvalue weighted by atomic mass is 10.0. The van der Waals surface area contributed by atoms with E-state index < -0.39 is 5.97 Å². The predicted octanol–water partition coefficient (Wildman–Crippen LogP) is 8.95. The van der Waals surface area contributed by atoms with Crippen molar-refractivity contribution >= 4 is 29.7 Å². The second-order valence-corrected chi connectivity index (χ2v) is 12.5. The summed E-state index contributed by atoms with van der Waals surface area (Å²) in [5.74, 6) is -0.482. The van der Waals surface area contributed by atoms with Crippen molar-refractivity contribution in [2.75, 3.05) is 13.2 Å². The largest absolute Gasteiger partial charge is 0.465 e. The molecule has 272 valence electrons. The molecule has 0 radical (unpaired) electrons. The Morgan fingerprint density at radius 1 is 0.660 bits per heavy atom. The molecular weight excluding hydrogens is 636 g/mol. The standard InChI is InChI=1S/C40H54N2O8/c1-2-3-4-11-14-37(50-40(46)26-25-39(45)48-30-28-34-19-23-36(24-20-34)49-31-41)15-12-9-7-5-6-8-10-13-16-38(44)47-29-27-33-17-21-35(22-18-33)42-32-43/h17-24,37H,2-16,25-30H2,1H3/t37-/m1/s1. The van der Waals surface area contributed by atoms with Crippen LogP contribution in [0.4, 0.5) is 5.69 Å². The van der Waals surface area contributed by atoms with Crippen LogP contribution in [-0.4, -0.2) is 43.3 Å². The van der Waals surface area contributed by atoms with Crippen LogP contribution < -0.4 is 4.74 Å². The molecule has 0 bridgehead atoms. The fourth-order valence-electron chi connectivity index (χ4n) is 5.49. The van der Waals surface area contributed by atoms with E-state index in [1.807, 2.05) is 24.3 Å². The molecule has 0 saturated heterocycles. The van der Waals surface area contributed by atoms with Crippen LogP contribution in [0.2, 0.25) is 0 Å². The Kier molecular flexibility index (Phi) is 22.8. The third kappa shape index (κ3) is 20.8. The molecule has 0 aromatic heterocycles. The molecule has 10 nitrogen and oxygen atoms in total. The van der Waals surface area contributed by atoms with Gasteiger partial charge in [0.15, 0.2) is 0 Å². The molecule has 0 N–H and O–H groups in total. The van der Waals surface area contributed by atoms with Gasteiger partial charge in [0.25, 0.3) is 6.26 Å². The monoisotopic (exact) mass is 690 g/mol. The molecule has 0 fully saturated rings. The predicted molar refractivity (Wildman–Crippen MR) is 190 cm³/mol. The van der Waals surface area contributed by atoms with Crippen molar-refractivity contribution in [2.24, 2.45) is 4.99 Å². The third-order valence-corrected chi connectivity index (χ3v) is 8.37. The number of nitrogens with zero attached hydrogens (tertiary/aromatic N) is 2. The minimum absolute atomic E-state index is 0.00598. The smallest absolute Gasteiger partial charge is 0.306 e. The summed E-state index contributed by atoms with van der Waals surface area (Å²) in [6, 6.07) is 14.2. The first-order valence-corrected chi connectivity index (χ1v) is 18.3. The number of ether oxygens (including phenoxy) is 4. The van der Waals surface area contributed by atoms with Gasteiger partial charge in [-0.25, -0.2) is 4.79 Å². The van der Waals surface area contributed by atoms with E-state index >= 15 is 0 Å². The molecule has 0 heterocycles. The average molecular weight is 691 g/mol. The second-order valence-electron chi connectivity index (χ2n) is 12.5. The van der Waals surface area contributed by atoms with Crippen LogP contribution in [0, 0.1) is 11.5 Å². The number of carbonyl (C=O) groups excluding carboxylic acids is 4. The number of nitriles is 1. The fraction of sp³-hybridized carbons (Fsp3) is 0.575. The maximum absolute atomic E-state index is 12.6. The zero-order valence-electron chi connectivity index (χ0n) is 29.7. The lowest BCUT2D eigenvalue weighted by molar-refractivity contribution is -0.154. The Hall–Kier alpha value is -4.48. The number of hydrogen-bond donors (Lipinski definition) is 0. The van der Waals surface area contributed by atoms with Gasteiger partial charge in [0.05, 0.1) is 31.7 Å². The van der Waals surface area contributed by atoms with E-state index in [1.165, 1.54) is 12.5 Å². The zero-order chi connectivity index (χ0) is 36.1. The minimum Gasteiger partial charge on any atom is -0.465 e. The topological polar surface area (TPSA) is 141 Å². The molecule has 2 rings (SSSR count). The molecule has 0 amide bonds. The summed E-state index contributed by atoms with van der Waals surface area (Å²) in [7, 11) is 0. The Morgan fingerprint density at radius 2 is 1.16 bits per heavy atom. The Bertz CT molecular complexity index is 1330. The lowest BCUT2D eigenvalue weighted by Crippen LogP contribution is -2.19. The SMILES string of the molecule is CCCCCC[C@H](CCCCCCCCCCC(=O)OCCc1ccc(N=C=O)cc1)OC(=O)CCC(=O)OCCc1ccc(OC#N)cc1. The number of benzene rings is 2.